The Morgan fingerprint density at radius 2 is 1.06 bits per heavy atom. The Kier molecular flexibility index (Phi) is 11.5. The summed E-state index contributed by atoms with van der Waals surface area (Å²) in [5.74, 6) is 0.00742. The molecule has 0 aliphatic carbocycles. The second-order valence-electron chi connectivity index (χ2n) is 12.5. The third-order valence-corrected chi connectivity index (χ3v) is 8.98. The summed E-state index contributed by atoms with van der Waals surface area (Å²) in [5, 5.41) is 36.0. The van der Waals surface area contributed by atoms with Crippen molar-refractivity contribution < 1.29 is 34.8 Å². The normalized spacial score (nSPS) is 16.5. The van der Waals surface area contributed by atoms with Gasteiger partial charge in [-0.1, -0.05) is 60.7 Å². The molecule has 2 aromatic heterocycles. The first-order valence-electron chi connectivity index (χ1n) is 17.1. The Bertz CT molecular complexity index is 2220. The van der Waals surface area contributed by atoms with Crippen molar-refractivity contribution in [3.05, 3.63) is 108 Å². The Balaban J connectivity index is 0.000000173. The van der Waals surface area contributed by atoms with E-state index in [0.717, 1.165) is 42.0 Å². The molecule has 272 valence electrons. The molecule has 0 unspecified atom stereocenters. The summed E-state index contributed by atoms with van der Waals surface area (Å²) in [4.78, 5) is 46.1. The predicted molar refractivity (Wildman–Crippen MR) is 202 cm³/mol. The van der Waals surface area contributed by atoms with Crippen LogP contribution in [-0.4, -0.2) is 105 Å². The number of benzene rings is 4. The van der Waals surface area contributed by atoms with Crippen LogP contribution in [0.15, 0.2) is 97.1 Å². The van der Waals surface area contributed by atoms with Crippen molar-refractivity contribution in [1.29, 1.82) is 0 Å². The highest BCUT2D eigenvalue weighted by molar-refractivity contribution is 5.95. The number of hydrogen-bond donors (Lipinski definition) is 4. The van der Waals surface area contributed by atoms with Crippen LogP contribution in [0.1, 0.15) is 33.6 Å². The summed E-state index contributed by atoms with van der Waals surface area (Å²) < 4.78 is 4.79. The minimum atomic E-state index is -0.992. The number of aromatic carboxylic acids is 1. The number of carbonyl (C=O) groups excluding carboxylic acids is 1. The zero-order valence-corrected chi connectivity index (χ0v) is 29.3. The van der Waals surface area contributed by atoms with Crippen molar-refractivity contribution in [1.82, 2.24) is 19.9 Å². The highest BCUT2D eigenvalue weighted by atomic mass is 16.5. The summed E-state index contributed by atoms with van der Waals surface area (Å²) in [5.41, 5.74) is 6.57. The van der Waals surface area contributed by atoms with Gasteiger partial charge in [-0.2, -0.15) is 0 Å². The minimum Gasteiger partial charge on any atom is -0.478 e. The summed E-state index contributed by atoms with van der Waals surface area (Å²) in [7, 11) is 2.35. The second kappa shape index (κ2) is 16.5. The number of rotatable bonds is 6. The number of methoxy groups -OCH3 is 1. The topological polar surface area (TPSA) is 182 Å². The Morgan fingerprint density at radius 1 is 0.623 bits per heavy atom. The SMILES string of the molecule is CO.COC(=O)c1ccc2nc(-c3ccccc3)c(N3CC[C@H](O)C3)nc2c1.O=C(O)c1ccc2nc(-c3ccccc3)c(N3CC[C@H](O)C3)nc2c1. The highest BCUT2D eigenvalue weighted by Crippen LogP contribution is 2.33. The molecule has 0 radical (unpaired) electrons. The molecule has 4 N–H and O–H groups in total. The quantitative estimate of drug-likeness (QED) is 0.172. The summed E-state index contributed by atoms with van der Waals surface area (Å²) in [6, 6.07) is 29.6. The van der Waals surface area contributed by atoms with E-state index in [1.54, 1.807) is 24.3 Å². The van der Waals surface area contributed by atoms with Crippen LogP contribution in [0.3, 0.4) is 0 Å². The molecule has 0 amide bonds. The molecular formula is C40H40N6O7. The minimum absolute atomic E-state index is 0.182. The molecule has 2 fully saturated rings. The van der Waals surface area contributed by atoms with Gasteiger partial charge >= 0.3 is 11.9 Å². The zero-order chi connectivity index (χ0) is 37.5. The number of carboxylic acids is 1. The summed E-state index contributed by atoms with van der Waals surface area (Å²) in [6.07, 6.45) is 0.642. The van der Waals surface area contributed by atoms with E-state index in [9.17, 15) is 24.9 Å². The number of aliphatic hydroxyl groups excluding tert-OH is 3. The van der Waals surface area contributed by atoms with E-state index in [2.05, 4.69) is 0 Å². The first kappa shape index (κ1) is 36.8. The van der Waals surface area contributed by atoms with Crippen molar-refractivity contribution in [2.75, 3.05) is 50.2 Å². The van der Waals surface area contributed by atoms with Crippen LogP contribution in [0.4, 0.5) is 11.6 Å². The van der Waals surface area contributed by atoms with Crippen LogP contribution < -0.4 is 9.80 Å². The molecule has 2 aliphatic heterocycles. The van der Waals surface area contributed by atoms with Crippen LogP contribution in [-0.2, 0) is 4.74 Å². The number of anilines is 2. The van der Waals surface area contributed by atoms with Gasteiger partial charge in [0.2, 0.25) is 0 Å². The summed E-state index contributed by atoms with van der Waals surface area (Å²) >= 11 is 0. The zero-order valence-electron chi connectivity index (χ0n) is 29.3. The number of fused-ring (bicyclic) bond motifs is 2. The fraction of sp³-hybridized carbons (Fsp3) is 0.250. The lowest BCUT2D eigenvalue weighted by Gasteiger charge is -2.20. The van der Waals surface area contributed by atoms with Gasteiger partial charge in [0.05, 0.1) is 52.5 Å². The molecule has 4 aromatic carbocycles. The monoisotopic (exact) mass is 716 g/mol. The van der Waals surface area contributed by atoms with Crippen molar-refractivity contribution in [2.45, 2.75) is 25.0 Å². The van der Waals surface area contributed by atoms with E-state index in [-0.39, 0.29) is 17.8 Å². The van der Waals surface area contributed by atoms with E-state index in [0.29, 0.717) is 65.9 Å². The lowest BCUT2D eigenvalue weighted by Crippen LogP contribution is -2.23. The van der Waals surface area contributed by atoms with E-state index < -0.39 is 11.9 Å². The van der Waals surface area contributed by atoms with Gasteiger partial charge in [-0.25, -0.2) is 29.5 Å². The van der Waals surface area contributed by atoms with Crippen LogP contribution in [0.5, 0.6) is 0 Å². The van der Waals surface area contributed by atoms with Gasteiger partial charge in [0.15, 0.2) is 11.6 Å². The third kappa shape index (κ3) is 8.23. The van der Waals surface area contributed by atoms with Gasteiger partial charge in [0.1, 0.15) is 11.4 Å². The molecule has 53 heavy (non-hydrogen) atoms. The number of aromatic nitrogens is 4. The van der Waals surface area contributed by atoms with Gasteiger partial charge in [0, 0.05) is 44.4 Å². The smallest absolute Gasteiger partial charge is 0.337 e. The molecule has 0 spiro atoms. The van der Waals surface area contributed by atoms with E-state index >= 15 is 0 Å². The molecule has 13 heteroatoms. The van der Waals surface area contributed by atoms with Crippen LogP contribution in [0.2, 0.25) is 0 Å². The molecule has 0 bridgehead atoms. The maximum atomic E-state index is 11.8. The fourth-order valence-corrected chi connectivity index (χ4v) is 6.36. The number of aliphatic hydroxyl groups is 3. The Morgan fingerprint density at radius 3 is 1.45 bits per heavy atom. The molecule has 0 saturated carbocycles. The number of nitrogens with zero attached hydrogens (tertiary/aromatic N) is 6. The maximum absolute atomic E-state index is 11.8. The van der Waals surface area contributed by atoms with Crippen LogP contribution in [0, 0.1) is 0 Å². The van der Waals surface area contributed by atoms with Crippen molar-refractivity contribution in [3.63, 3.8) is 0 Å². The van der Waals surface area contributed by atoms with E-state index in [1.807, 2.05) is 70.5 Å². The molecule has 6 aromatic rings. The molecule has 2 atom stereocenters. The molecular weight excluding hydrogens is 676 g/mol. The van der Waals surface area contributed by atoms with Crippen LogP contribution >= 0.6 is 0 Å². The lowest BCUT2D eigenvalue weighted by atomic mass is 10.1. The van der Waals surface area contributed by atoms with Gasteiger partial charge in [-0.15, -0.1) is 0 Å². The van der Waals surface area contributed by atoms with Crippen molar-refractivity contribution >= 4 is 45.6 Å². The van der Waals surface area contributed by atoms with E-state index in [4.69, 9.17) is 29.8 Å². The number of β-amino-alcohol motifs (C(OH)–C–C–N with tert-alkyl or cyclic N) is 2. The average molecular weight is 717 g/mol. The summed E-state index contributed by atoms with van der Waals surface area (Å²) in [6.45, 7) is 2.44. The van der Waals surface area contributed by atoms with Gasteiger partial charge in [-0.3, -0.25) is 0 Å². The number of carboxylic acid groups (broad SMARTS) is 1. The fourth-order valence-electron chi connectivity index (χ4n) is 6.36. The standard InChI is InChI=1S/C20H19N3O3.C19H17N3O3.CH4O/c1-26-20(25)14-7-8-16-17(11-14)22-19(23-10-9-15(24)12-23)18(21-16)13-5-3-2-4-6-13;23-14-8-9-22(11-14)18-17(12-4-2-1-3-5-12)20-15-7-6-13(19(24)25)10-16(15)21-18;1-2/h2-8,11,15,24H,9-10,12H2,1H3;1-7,10,14,23H,8-9,11H2,(H,24,25);2H,1H3/t15-;14-;/m00./s1. The first-order valence-corrected chi connectivity index (χ1v) is 17.1. The van der Waals surface area contributed by atoms with Crippen molar-refractivity contribution in [2.24, 2.45) is 0 Å². The number of hydrogen-bond acceptors (Lipinski definition) is 12. The number of esters is 1. The largest absolute Gasteiger partial charge is 0.478 e. The van der Waals surface area contributed by atoms with Gasteiger partial charge < -0.3 is 35.0 Å². The highest BCUT2D eigenvalue weighted by Gasteiger charge is 2.27. The first-order chi connectivity index (χ1) is 25.8. The van der Waals surface area contributed by atoms with E-state index in [1.165, 1.54) is 19.2 Å². The lowest BCUT2D eigenvalue weighted by molar-refractivity contribution is 0.0600. The van der Waals surface area contributed by atoms with Crippen LogP contribution in [0.25, 0.3) is 44.6 Å². The second-order valence-corrected chi connectivity index (χ2v) is 12.5. The molecule has 4 heterocycles. The number of carbonyl (C=O) groups is 2. The Labute approximate surface area is 305 Å². The molecule has 2 aliphatic rings. The average Bonchev–Trinajstić information content (AvgIpc) is 3.85. The van der Waals surface area contributed by atoms with Gasteiger partial charge in [0.25, 0.3) is 0 Å². The maximum Gasteiger partial charge on any atom is 0.337 e. The van der Waals surface area contributed by atoms with Gasteiger partial charge in [-0.05, 0) is 49.2 Å². The molecule has 8 rings (SSSR count). The number of ether oxygens (including phenoxy) is 1. The van der Waals surface area contributed by atoms with Crippen molar-refractivity contribution in [3.8, 4) is 22.5 Å². The molecule has 13 nitrogen and oxygen atoms in total. The Hall–Kier alpha value is -6.02. The molecule has 2 saturated heterocycles. The third-order valence-electron chi connectivity index (χ3n) is 8.98. The predicted octanol–water partition coefficient (Wildman–Crippen LogP) is 4.83.